The number of carbonyl (C=O) groups is 1. The SMILES string of the molecule is CCOCCO[C@H](C)C(=O)NCC(C)(C)c1ccccc1OC. The highest BCUT2D eigenvalue weighted by Gasteiger charge is 2.26. The summed E-state index contributed by atoms with van der Waals surface area (Å²) in [6.07, 6.45) is -0.496. The van der Waals surface area contributed by atoms with Gasteiger partial charge in [-0.05, 0) is 19.9 Å². The Morgan fingerprint density at radius 1 is 1.26 bits per heavy atom. The highest BCUT2D eigenvalue weighted by Crippen LogP contribution is 2.30. The van der Waals surface area contributed by atoms with Gasteiger partial charge in [0.1, 0.15) is 11.9 Å². The van der Waals surface area contributed by atoms with Crippen molar-refractivity contribution < 1.29 is 19.0 Å². The number of ether oxygens (including phenoxy) is 3. The molecule has 1 aromatic carbocycles. The molecule has 0 unspecified atom stereocenters. The Hall–Kier alpha value is -1.59. The minimum Gasteiger partial charge on any atom is -0.496 e. The van der Waals surface area contributed by atoms with Gasteiger partial charge in [0.25, 0.3) is 0 Å². The highest BCUT2D eigenvalue weighted by molar-refractivity contribution is 5.80. The second-order valence-electron chi connectivity index (χ2n) is 6.01. The Labute approximate surface area is 139 Å². The average Bonchev–Trinajstić information content (AvgIpc) is 2.56. The Kier molecular flexibility index (Phi) is 8.06. The van der Waals surface area contributed by atoms with E-state index < -0.39 is 6.10 Å². The fourth-order valence-electron chi connectivity index (χ4n) is 2.25. The maximum Gasteiger partial charge on any atom is 0.248 e. The fourth-order valence-corrected chi connectivity index (χ4v) is 2.25. The maximum atomic E-state index is 12.1. The lowest BCUT2D eigenvalue weighted by atomic mass is 9.84. The normalized spacial score (nSPS) is 12.7. The molecule has 0 fully saturated rings. The van der Waals surface area contributed by atoms with E-state index in [9.17, 15) is 4.79 Å². The van der Waals surface area contributed by atoms with Crippen molar-refractivity contribution in [2.75, 3.05) is 33.5 Å². The van der Waals surface area contributed by atoms with Crippen LogP contribution >= 0.6 is 0 Å². The molecular formula is C18H29NO4. The van der Waals surface area contributed by atoms with Gasteiger partial charge in [0.05, 0.1) is 20.3 Å². The van der Waals surface area contributed by atoms with Gasteiger partial charge in [0.2, 0.25) is 5.91 Å². The fraction of sp³-hybridized carbons (Fsp3) is 0.611. The zero-order valence-electron chi connectivity index (χ0n) is 14.8. The number of methoxy groups -OCH3 is 1. The standard InChI is InChI=1S/C18H29NO4/c1-6-22-11-12-23-14(2)17(20)19-13-18(3,4)15-9-7-8-10-16(15)21-5/h7-10,14H,6,11-13H2,1-5H3,(H,19,20)/t14-/m1/s1. The van der Waals surface area contributed by atoms with Crippen LogP contribution in [0.25, 0.3) is 0 Å². The van der Waals surface area contributed by atoms with Crippen molar-refractivity contribution in [1.29, 1.82) is 0 Å². The number of nitrogens with one attached hydrogen (secondary N) is 1. The van der Waals surface area contributed by atoms with Gasteiger partial charge in [0, 0.05) is 24.1 Å². The van der Waals surface area contributed by atoms with Crippen molar-refractivity contribution in [3.8, 4) is 5.75 Å². The lowest BCUT2D eigenvalue weighted by molar-refractivity contribution is -0.132. The van der Waals surface area contributed by atoms with Gasteiger partial charge in [-0.2, -0.15) is 0 Å². The molecule has 0 aliphatic carbocycles. The van der Waals surface area contributed by atoms with Crippen LogP contribution in [0.2, 0.25) is 0 Å². The van der Waals surface area contributed by atoms with Gasteiger partial charge in [-0.15, -0.1) is 0 Å². The second kappa shape index (κ2) is 9.53. The maximum absolute atomic E-state index is 12.1. The molecule has 130 valence electrons. The number of hydrogen-bond acceptors (Lipinski definition) is 4. The van der Waals surface area contributed by atoms with Crippen molar-refractivity contribution in [2.45, 2.75) is 39.2 Å². The third kappa shape index (κ3) is 6.20. The van der Waals surface area contributed by atoms with E-state index in [0.717, 1.165) is 11.3 Å². The third-order valence-corrected chi connectivity index (χ3v) is 3.71. The van der Waals surface area contributed by atoms with Gasteiger partial charge < -0.3 is 19.5 Å². The Bertz CT molecular complexity index is 488. The highest BCUT2D eigenvalue weighted by atomic mass is 16.5. The first-order valence-corrected chi connectivity index (χ1v) is 8.03. The molecule has 0 spiro atoms. The largest absolute Gasteiger partial charge is 0.496 e. The molecule has 0 saturated carbocycles. The minimum atomic E-state index is -0.496. The average molecular weight is 323 g/mol. The summed E-state index contributed by atoms with van der Waals surface area (Å²) >= 11 is 0. The number of hydrogen-bond donors (Lipinski definition) is 1. The Balaban J connectivity index is 2.53. The number of rotatable bonds is 10. The Morgan fingerprint density at radius 2 is 1.96 bits per heavy atom. The lowest BCUT2D eigenvalue weighted by Crippen LogP contribution is -2.42. The summed E-state index contributed by atoms with van der Waals surface area (Å²) in [5, 5.41) is 2.95. The molecule has 0 aliphatic heterocycles. The number of benzene rings is 1. The van der Waals surface area contributed by atoms with Crippen LogP contribution in [0, 0.1) is 0 Å². The molecule has 0 aliphatic rings. The van der Waals surface area contributed by atoms with Crippen LogP contribution in [0.5, 0.6) is 5.75 Å². The van der Waals surface area contributed by atoms with Gasteiger partial charge >= 0.3 is 0 Å². The van der Waals surface area contributed by atoms with E-state index in [-0.39, 0.29) is 11.3 Å². The van der Waals surface area contributed by atoms with E-state index >= 15 is 0 Å². The molecule has 1 atom stereocenters. The van der Waals surface area contributed by atoms with Crippen LogP contribution in [0.15, 0.2) is 24.3 Å². The molecule has 0 saturated heterocycles. The molecule has 0 bridgehead atoms. The van der Waals surface area contributed by atoms with Crippen LogP contribution in [0.4, 0.5) is 0 Å². The monoisotopic (exact) mass is 323 g/mol. The van der Waals surface area contributed by atoms with Gasteiger partial charge in [-0.3, -0.25) is 4.79 Å². The summed E-state index contributed by atoms with van der Waals surface area (Å²) in [5.41, 5.74) is 0.820. The summed E-state index contributed by atoms with van der Waals surface area (Å²) in [7, 11) is 1.65. The number of amides is 1. The van der Waals surface area contributed by atoms with Crippen LogP contribution in [-0.2, 0) is 19.7 Å². The van der Waals surface area contributed by atoms with Crippen LogP contribution in [0.3, 0.4) is 0 Å². The zero-order valence-corrected chi connectivity index (χ0v) is 14.8. The molecule has 1 N–H and O–H groups in total. The summed E-state index contributed by atoms with van der Waals surface area (Å²) in [6, 6.07) is 7.86. The summed E-state index contributed by atoms with van der Waals surface area (Å²) in [5.74, 6) is 0.706. The van der Waals surface area contributed by atoms with E-state index in [2.05, 4.69) is 19.2 Å². The molecule has 0 radical (unpaired) electrons. The number of para-hydroxylation sites is 1. The molecule has 0 aromatic heterocycles. The van der Waals surface area contributed by atoms with E-state index in [0.29, 0.717) is 26.4 Å². The molecule has 1 aromatic rings. The molecule has 5 nitrogen and oxygen atoms in total. The van der Waals surface area contributed by atoms with E-state index in [1.165, 1.54) is 0 Å². The molecule has 0 heterocycles. The molecule has 1 amide bonds. The molecule has 5 heteroatoms. The second-order valence-corrected chi connectivity index (χ2v) is 6.01. The van der Waals surface area contributed by atoms with Gasteiger partial charge in [-0.1, -0.05) is 32.0 Å². The Morgan fingerprint density at radius 3 is 2.61 bits per heavy atom. The number of carbonyl (C=O) groups excluding carboxylic acids is 1. The van der Waals surface area contributed by atoms with Crippen molar-refractivity contribution in [1.82, 2.24) is 5.32 Å². The van der Waals surface area contributed by atoms with Gasteiger partial charge in [-0.25, -0.2) is 0 Å². The zero-order chi connectivity index (χ0) is 17.3. The van der Waals surface area contributed by atoms with Crippen LogP contribution in [0.1, 0.15) is 33.3 Å². The lowest BCUT2D eigenvalue weighted by Gasteiger charge is -2.28. The van der Waals surface area contributed by atoms with E-state index in [4.69, 9.17) is 14.2 Å². The summed E-state index contributed by atoms with van der Waals surface area (Å²) in [6.45, 7) is 9.90. The third-order valence-electron chi connectivity index (χ3n) is 3.71. The molecule has 23 heavy (non-hydrogen) atoms. The topological polar surface area (TPSA) is 56.8 Å². The van der Waals surface area contributed by atoms with E-state index in [1.54, 1.807) is 14.0 Å². The van der Waals surface area contributed by atoms with E-state index in [1.807, 2.05) is 31.2 Å². The minimum absolute atomic E-state index is 0.121. The predicted molar refractivity (Wildman–Crippen MR) is 90.9 cm³/mol. The first-order chi connectivity index (χ1) is 10.9. The van der Waals surface area contributed by atoms with Crippen LogP contribution in [-0.4, -0.2) is 45.5 Å². The van der Waals surface area contributed by atoms with Crippen molar-refractivity contribution in [3.63, 3.8) is 0 Å². The summed E-state index contributed by atoms with van der Waals surface area (Å²) in [4.78, 5) is 12.1. The molecular weight excluding hydrogens is 294 g/mol. The van der Waals surface area contributed by atoms with Crippen molar-refractivity contribution in [2.24, 2.45) is 0 Å². The predicted octanol–water partition coefficient (Wildman–Crippen LogP) is 2.53. The summed E-state index contributed by atoms with van der Waals surface area (Å²) < 4.78 is 16.1. The smallest absolute Gasteiger partial charge is 0.248 e. The van der Waals surface area contributed by atoms with Crippen molar-refractivity contribution >= 4 is 5.91 Å². The first kappa shape index (κ1) is 19.5. The van der Waals surface area contributed by atoms with Crippen LogP contribution < -0.4 is 10.1 Å². The van der Waals surface area contributed by atoms with Gasteiger partial charge in [0.15, 0.2) is 0 Å². The first-order valence-electron chi connectivity index (χ1n) is 8.03. The van der Waals surface area contributed by atoms with Crippen molar-refractivity contribution in [3.05, 3.63) is 29.8 Å². The quantitative estimate of drug-likeness (QED) is 0.672. The molecule has 1 rings (SSSR count).